The maximum Gasteiger partial charge on any atom is 0.459 e. The number of ether oxygens (including phenoxy) is 1. The Kier molecular flexibility index (Phi) is 5.11. The fourth-order valence-electron chi connectivity index (χ4n) is 0.749. The van der Waals surface area contributed by atoms with E-state index in [1.165, 1.54) is 0 Å². The zero-order valence-corrected chi connectivity index (χ0v) is 9.11. The third kappa shape index (κ3) is 4.26. The highest BCUT2D eigenvalue weighted by atomic mass is 19.4. The molecule has 128 valence electrons. The first-order valence-electron chi connectivity index (χ1n) is 4.41. The van der Waals surface area contributed by atoms with Crippen LogP contribution in [0.1, 0.15) is 0 Å². The molecule has 14 heteroatoms. The third-order valence-electron chi connectivity index (χ3n) is 1.84. The van der Waals surface area contributed by atoms with Gasteiger partial charge in [-0.05, 0) is 0 Å². The van der Waals surface area contributed by atoms with Crippen molar-refractivity contribution in [3.05, 3.63) is 0 Å². The smallest absolute Gasteiger partial charge is 0.311 e. The Balaban J connectivity index is 5.08. The normalized spacial score (nSPS) is 17.0. The summed E-state index contributed by atoms with van der Waals surface area (Å²) in [6.45, 7) is -3.50. The molecule has 0 aliphatic rings. The molecule has 0 bridgehead atoms. The minimum Gasteiger partial charge on any atom is -0.311 e. The summed E-state index contributed by atoms with van der Waals surface area (Å²) in [6.07, 6.45) is -24.5. The summed E-state index contributed by atoms with van der Waals surface area (Å²) >= 11 is 0. The van der Waals surface area contributed by atoms with Gasteiger partial charge in [0, 0.05) is 0 Å². The van der Waals surface area contributed by atoms with Crippen LogP contribution in [0.4, 0.5) is 57.1 Å². The fraction of sp³-hybridized carbons (Fsp3) is 1.00. The van der Waals surface area contributed by atoms with Crippen molar-refractivity contribution in [1.29, 1.82) is 0 Å². The summed E-state index contributed by atoms with van der Waals surface area (Å²) in [7, 11) is 0. The molecule has 0 aliphatic carbocycles. The summed E-state index contributed by atoms with van der Waals surface area (Å²) in [5.41, 5.74) is 0. The van der Waals surface area contributed by atoms with Crippen LogP contribution < -0.4 is 0 Å². The Morgan fingerprint density at radius 3 is 1.38 bits per heavy atom. The van der Waals surface area contributed by atoms with Crippen LogP contribution in [0.5, 0.6) is 0 Å². The van der Waals surface area contributed by atoms with E-state index in [2.05, 4.69) is 4.74 Å². The molecule has 0 saturated heterocycles. The van der Waals surface area contributed by atoms with Gasteiger partial charge in [0.2, 0.25) is 0 Å². The van der Waals surface area contributed by atoms with Gasteiger partial charge in [0.05, 0.1) is 0 Å². The van der Waals surface area contributed by atoms with Gasteiger partial charge in [0.25, 0.3) is 6.17 Å². The van der Waals surface area contributed by atoms with Crippen LogP contribution >= 0.6 is 0 Å². The van der Waals surface area contributed by atoms with Crippen LogP contribution in [0.3, 0.4) is 0 Å². The first kappa shape index (κ1) is 20.1. The quantitative estimate of drug-likeness (QED) is 0.671. The lowest BCUT2D eigenvalue weighted by molar-refractivity contribution is -0.390. The van der Waals surface area contributed by atoms with Gasteiger partial charge in [-0.1, -0.05) is 0 Å². The Morgan fingerprint density at radius 2 is 1.10 bits per heavy atom. The van der Waals surface area contributed by atoms with Gasteiger partial charge < -0.3 is 4.74 Å². The minimum atomic E-state index is -6.89. The molecule has 0 aromatic heterocycles. The van der Waals surface area contributed by atoms with Crippen molar-refractivity contribution in [2.45, 2.75) is 36.5 Å². The lowest BCUT2D eigenvalue weighted by atomic mass is 10.2. The van der Waals surface area contributed by atoms with E-state index in [0.717, 1.165) is 0 Å². The van der Waals surface area contributed by atoms with Crippen LogP contribution in [-0.2, 0) is 4.74 Å². The summed E-state index contributed by atoms with van der Waals surface area (Å²) < 4.78 is 158. The van der Waals surface area contributed by atoms with Crippen LogP contribution in [-0.4, -0.2) is 43.1 Å². The molecule has 0 aromatic carbocycles. The largest absolute Gasteiger partial charge is 0.459 e. The second-order valence-corrected chi connectivity index (χ2v) is 3.53. The highest BCUT2D eigenvalue weighted by molar-refractivity contribution is 4.91. The molecule has 0 amide bonds. The number of halogens is 13. The third-order valence-corrected chi connectivity index (χ3v) is 1.84. The summed E-state index contributed by atoms with van der Waals surface area (Å²) in [5, 5.41) is 0. The minimum absolute atomic E-state index is 2.31. The molecule has 0 aliphatic heterocycles. The van der Waals surface area contributed by atoms with Crippen molar-refractivity contribution < 1.29 is 61.8 Å². The molecular weight excluding hydrogens is 347 g/mol. The Hall–Kier alpha value is -0.950. The molecule has 1 atom stereocenters. The van der Waals surface area contributed by atoms with Crippen LogP contribution in [0.15, 0.2) is 0 Å². The summed E-state index contributed by atoms with van der Waals surface area (Å²) in [6, 6.07) is 0. The maximum atomic E-state index is 12.5. The highest BCUT2D eigenvalue weighted by Gasteiger charge is 2.73. The van der Waals surface area contributed by atoms with Crippen molar-refractivity contribution in [1.82, 2.24) is 0 Å². The predicted molar refractivity (Wildman–Crippen MR) is 37.8 cm³/mol. The highest BCUT2D eigenvalue weighted by Crippen LogP contribution is 2.47. The van der Waals surface area contributed by atoms with E-state index in [0.29, 0.717) is 0 Å². The first-order valence-corrected chi connectivity index (χ1v) is 4.41. The van der Waals surface area contributed by atoms with Gasteiger partial charge in [0.1, 0.15) is 6.61 Å². The van der Waals surface area contributed by atoms with Crippen LogP contribution in [0, 0.1) is 0 Å². The Morgan fingerprint density at radius 1 is 0.714 bits per heavy atom. The maximum absolute atomic E-state index is 12.5. The monoisotopic (exact) mass is 350 g/mol. The van der Waals surface area contributed by atoms with Gasteiger partial charge >= 0.3 is 30.3 Å². The van der Waals surface area contributed by atoms with Gasteiger partial charge in [-0.3, -0.25) is 0 Å². The van der Waals surface area contributed by atoms with E-state index < -0.39 is 43.1 Å². The molecule has 0 rings (SSSR count). The molecule has 0 radical (unpaired) electrons. The van der Waals surface area contributed by atoms with Crippen molar-refractivity contribution in [3.63, 3.8) is 0 Å². The number of rotatable bonds is 5. The second kappa shape index (κ2) is 5.35. The fourth-order valence-corrected chi connectivity index (χ4v) is 0.749. The lowest BCUT2D eigenvalue weighted by Gasteiger charge is -2.30. The Labute approximate surface area is 106 Å². The zero-order valence-electron chi connectivity index (χ0n) is 9.11. The SMILES string of the molecule is F[C@H](C(F)(F)F)C(F)(F)OCC(F)(F)C(F)(F)C(F)(F)F. The van der Waals surface area contributed by atoms with Crippen molar-refractivity contribution in [2.75, 3.05) is 6.61 Å². The van der Waals surface area contributed by atoms with Gasteiger partial charge in [0.15, 0.2) is 0 Å². The lowest BCUT2D eigenvalue weighted by Crippen LogP contribution is -2.56. The number of alkyl halides is 13. The van der Waals surface area contributed by atoms with Gasteiger partial charge in [-0.25, -0.2) is 4.39 Å². The molecule has 0 unspecified atom stereocenters. The molecule has 0 saturated carbocycles. The molecule has 0 aromatic rings. The summed E-state index contributed by atoms with van der Waals surface area (Å²) in [5.74, 6) is -13.2. The molecular formula is C7H3F13O. The number of hydrogen-bond acceptors (Lipinski definition) is 1. The number of hydrogen-bond donors (Lipinski definition) is 0. The first-order chi connectivity index (χ1) is 8.86. The van der Waals surface area contributed by atoms with Gasteiger partial charge in [-0.2, -0.15) is 52.7 Å². The average Bonchev–Trinajstić information content (AvgIpc) is 2.22. The van der Waals surface area contributed by atoms with Crippen molar-refractivity contribution in [2.24, 2.45) is 0 Å². The van der Waals surface area contributed by atoms with E-state index in [-0.39, 0.29) is 0 Å². The molecule has 0 N–H and O–H groups in total. The van der Waals surface area contributed by atoms with Crippen molar-refractivity contribution >= 4 is 0 Å². The van der Waals surface area contributed by atoms with E-state index in [9.17, 15) is 57.1 Å². The average molecular weight is 350 g/mol. The van der Waals surface area contributed by atoms with E-state index in [4.69, 9.17) is 0 Å². The Bertz CT molecular complexity index is 353. The van der Waals surface area contributed by atoms with E-state index in [1.807, 2.05) is 0 Å². The molecule has 1 nitrogen and oxygen atoms in total. The van der Waals surface area contributed by atoms with Crippen LogP contribution in [0.2, 0.25) is 0 Å². The standard InChI is InChI=1S/C7H3F13O/c8-2(4(11,12)13)5(14,15)21-1-3(9,10)6(16,17)7(18,19)20/h2H,1H2/t2-/m1/s1. The molecule has 0 heterocycles. The second-order valence-electron chi connectivity index (χ2n) is 3.53. The van der Waals surface area contributed by atoms with E-state index in [1.54, 1.807) is 0 Å². The molecule has 0 fully saturated rings. The topological polar surface area (TPSA) is 9.23 Å². The summed E-state index contributed by atoms with van der Waals surface area (Å²) in [4.78, 5) is 0. The van der Waals surface area contributed by atoms with Crippen LogP contribution in [0.25, 0.3) is 0 Å². The van der Waals surface area contributed by atoms with Gasteiger partial charge in [-0.15, -0.1) is 0 Å². The zero-order chi connectivity index (χ0) is 17.5. The van der Waals surface area contributed by atoms with Crippen molar-refractivity contribution in [3.8, 4) is 0 Å². The van der Waals surface area contributed by atoms with E-state index >= 15 is 0 Å². The molecule has 21 heavy (non-hydrogen) atoms. The molecule has 0 spiro atoms. The predicted octanol–water partition coefficient (Wildman–Crippen LogP) is 4.33.